The Morgan fingerprint density at radius 3 is 2.38 bits per heavy atom. The van der Waals surface area contributed by atoms with Crippen LogP contribution in [-0.2, 0) is 14.8 Å². The molecule has 24 heavy (non-hydrogen) atoms. The second-order valence-electron chi connectivity index (χ2n) is 6.54. The lowest BCUT2D eigenvalue weighted by molar-refractivity contribution is -0.133. The number of carbonyl (C=O) groups excluding carboxylic acids is 1. The predicted molar refractivity (Wildman–Crippen MR) is 92.5 cm³/mol. The normalized spacial score (nSPS) is 16.5. The number of hydrogen-bond donors (Lipinski definition) is 0. The van der Waals surface area contributed by atoms with E-state index in [1.165, 1.54) is 11.4 Å². The highest BCUT2D eigenvalue weighted by Gasteiger charge is 2.32. The lowest BCUT2D eigenvalue weighted by Crippen LogP contribution is -2.50. The molecule has 1 aliphatic rings. The summed E-state index contributed by atoms with van der Waals surface area (Å²) in [6.45, 7) is 7.33. The van der Waals surface area contributed by atoms with E-state index >= 15 is 0 Å². The lowest BCUT2D eigenvalue weighted by Gasteiger charge is -2.34. The number of amides is 1. The van der Waals surface area contributed by atoms with Crippen molar-refractivity contribution in [3.05, 3.63) is 23.8 Å². The van der Waals surface area contributed by atoms with Gasteiger partial charge in [0.2, 0.25) is 15.9 Å². The third-order valence-electron chi connectivity index (χ3n) is 4.11. The predicted octanol–water partition coefficient (Wildman–Crippen LogP) is 1.88. The second kappa shape index (κ2) is 7.53. The summed E-state index contributed by atoms with van der Waals surface area (Å²) in [4.78, 5) is 14.1. The molecule has 2 rings (SSSR count). The fourth-order valence-electron chi connectivity index (χ4n) is 2.78. The standard InChI is InChI=1S/C17H26N2O4S/c1-13(2)11-17(20)18-7-9-19(10-8-18)24(21,22)16-12-14(3)5-6-15(16)23-4/h5-6,12-13H,7-11H2,1-4H3. The summed E-state index contributed by atoms with van der Waals surface area (Å²) in [6, 6.07) is 5.12. The van der Waals surface area contributed by atoms with Crippen molar-refractivity contribution < 1.29 is 17.9 Å². The number of hydrogen-bond acceptors (Lipinski definition) is 4. The maximum Gasteiger partial charge on any atom is 0.246 e. The van der Waals surface area contributed by atoms with Gasteiger partial charge in [-0.2, -0.15) is 4.31 Å². The van der Waals surface area contributed by atoms with Crippen LogP contribution in [0.5, 0.6) is 5.75 Å². The number of aryl methyl sites for hydroxylation is 1. The third kappa shape index (κ3) is 4.08. The average molecular weight is 354 g/mol. The van der Waals surface area contributed by atoms with Crippen molar-refractivity contribution in [2.75, 3.05) is 33.3 Å². The van der Waals surface area contributed by atoms with Gasteiger partial charge in [0.15, 0.2) is 0 Å². The zero-order chi connectivity index (χ0) is 17.9. The lowest BCUT2D eigenvalue weighted by atomic mass is 10.1. The van der Waals surface area contributed by atoms with Crippen molar-refractivity contribution in [1.82, 2.24) is 9.21 Å². The van der Waals surface area contributed by atoms with Gasteiger partial charge in [0.05, 0.1) is 7.11 Å². The van der Waals surface area contributed by atoms with Crippen LogP contribution in [0.2, 0.25) is 0 Å². The fraction of sp³-hybridized carbons (Fsp3) is 0.588. The number of methoxy groups -OCH3 is 1. The summed E-state index contributed by atoms with van der Waals surface area (Å²) in [5.41, 5.74) is 0.861. The zero-order valence-corrected chi connectivity index (χ0v) is 15.6. The molecule has 0 aromatic heterocycles. The van der Waals surface area contributed by atoms with E-state index in [9.17, 15) is 13.2 Å². The number of ether oxygens (including phenoxy) is 1. The molecule has 1 aromatic carbocycles. The molecule has 1 heterocycles. The van der Waals surface area contributed by atoms with Crippen LogP contribution in [0.3, 0.4) is 0 Å². The number of sulfonamides is 1. The Balaban J connectivity index is 2.13. The van der Waals surface area contributed by atoms with Crippen molar-refractivity contribution in [2.24, 2.45) is 5.92 Å². The highest BCUT2D eigenvalue weighted by atomic mass is 32.2. The minimum Gasteiger partial charge on any atom is -0.495 e. The molecule has 0 bridgehead atoms. The quantitative estimate of drug-likeness (QED) is 0.810. The first-order valence-electron chi connectivity index (χ1n) is 8.18. The van der Waals surface area contributed by atoms with E-state index in [2.05, 4.69) is 0 Å². The molecule has 6 nitrogen and oxygen atoms in total. The molecular weight excluding hydrogens is 328 g/mol. The van der Waals surface area contributed by atoms with E-state index < -0.39 is 10.0 Å². The molecule has 0 spiro atoms. The molecule has 1 fully saturated rings. The molecule has 0 radical (unpaired) electrons. The number of carbonyl (C=O) groups is 1. The Morgan fingerprint density at radius 1 is 1.21 bits per heavy atom. The molecule has 0 saturated carbocycles. The van der Waals surface area contributed by atoms with Crippen LogP contribution >= 0.6 is 0 Å². The van der Waals surface area contributed by atoms with Gasteiger partial charge in [-0.15, -0.1) is 0 Å². The second-order valence-corrected chi connectivity index (χ2v) is 8.44. The van der Waals surface area contributed by atoms with Gasteiger partial charge in [-0.25, -0.2) is 8.42 Å². The van der Waals surface area contributed by atoms with E-state index in [4.69, 9.17) is 4.74 Å². The molecule has 1 amide bonds. The molecule has 134 valence electrons. The summed E-state index contributed by atoms with van der Waals surface area (Å²) in [5, 5.41) is 0. The van der Waals surface area contributed by atoms with Gasteiger partial charge in [0.1, 0.15) is 10.6 Å². The van der Waals surface area contributed by atoms with Crippen molar-refractivity contribution in [1.29, 1.82) is 0 Å². The number of benzene rings is 1. The van der Waals surface area contributed by atoms with E-state index in [1.807, 2.05) is 26.8 Å². The summed E-state index contributed by atoms with van der Waals surface area (Å²) in [5.74, 6) is 0.741. The van der Waals surface area contributed by atoms with Gasteiger partial charge >= 0.3 is 0 Å². The molecule has 1 aliphatic heterocycles. The Labute approximate surface area is 144 Å². The van der Waals surface area contributed by atoms with Crippen LogP contribution in [0.1, 0.15) is 25.8 Å². The summed E-state index contributed by atoms with van der Waals surface area (Å²) >= 11 is 0. The van der Waals surface area contributed by atoms with Crippen LogP contribution in [0.4, 0.5) is 0 Å². The largest absolute Gasteiger partial charge is 0.495 e. The molecule has 0 aliphatic carbocycles. The van der Waals surface area contributed by atoms with Crippen LogP contribution in [0.25, 0.3) is 0 Å². The highest BCUT2D eigenvalue weighted by Crippen LogP contribution is 2.28. The summed E-state index contributed by atoms with van der Waals surface area (Å²) in [6.07, 6.45) is 0.498. The minimum atomic E-state index is -3.63. The van der Waals surface area contributed by atoms with E-state index in [0.717, 1.165) is 5.56 Å². The summed E-state index contributed by atoms with van der Waals surface area (Å²) in [7, 11) is -2.16. The van der Waals surface area contributed by atoms with Crippen LogP contribution in [0, 0.1) is 12.8 Å². The van der Waals surface area contributed by atoms with Gasteiger partial charge in [-0.3, -0.25) is 4.79 Å². The van der Waals surface area contributed by atoms with E-state index in [0.29, 0.717) is 44.3 Å². The van der Waals surface area contributed by atoms with Gasteiger partial charge in [-0.05, 0) is 30.5 Å². The number of nitrogens with zero attached hydrogens (tertiary/aromatic N) is 2. The molecule has 0 atom stereocenters. The van der Waals surface area contributed by atoms with Gasteiger partial charge in [-0.1, -0.05) is 19.9 Å². The first-order chi connectivity index (χ1) is 11.3. The van der Waals surface area contributed by atoms with Crippen LogP contribution < -0.4 is 4.74 Å². The molecular formula is C17H26N2O4S. The molecule has 0 N–H and O–H groups in total. The molecule has 0 unspecified atom stereocenters. The summed E-state index contributed by atoms with van der Waals surface area (Å²) < 4.78 is 32.5. The Kier molecular flexibility index (Phi) is 5.87. The minimum absolute atomic E-state index is 0.0928. The average Bonchev–Trinajstić information content (AvgIpc) is 2.54. The van der Waals surface area contributed by atoms with Crippen molar-refractivity contribution in [2.45, 2.75) is 32.1 Å². The highest BCUT2D eigenvalue weighted by molar-refractivity contribution is 7.89. The van der Waals surface area contributed by atoms with Crippen molar-refractivity contribution in [3.63, 3.8) is 0 Å². The monoisotopic (exact) mass is 354 g/mol. The first kappa shape index (κ1) is 18.7. The Bertz CT molecular complexity index is 693. The first-order valence-corrected chi connectivity index (χ1v) is 9.62. The molecule has 1 aromatic rings. The maximum atomic E-state index is 12.9. The van der Waals surface area contributed by atoms with Gasteiger partial charge in [0.25, 0.3) is 0 Å². The van der Waals surface area contributed by atoms with Crippen molar-refractivity contribution in [3.8, 4) is 5.75 Å². The zero-order valence-electron chi connectivity index (χ0n) is 14.8. The van der Waals surface area contributed by atoms with Gasteiger partial charge < -0.3 is 9.64 Å². The van der Waals surface area contributed by atoms with E-state index in [1.54, 1.807) is 17.0 Å². The topological polar surface area (TPSA) is 66.9 Å². The van der Waals surface area contributed by atoms with E-state index in [-0.39, 0.29) is 10.8 Å². The fourth-order valence-corrected chi connectivity index (χ4v) is 4.44. The molecule has 1 saturated heterocycles. The molecule has 7 heteroatoms. The smallest absolute Gasteiger partial charge is 0.246 e. The third-order valence-corrected chi connectivity index (χ3v) is 6.03. The number of piperazine rings is 1. The van der Waals surface area contributed by atoms with Gasteiger partial charge in [0, 0.05) is 32.6 Å². The maximum absolute atomic E-state index is 12.9. The van der Waals surface area contributed by atoms with Crippen LogP contribution in [0.15, 0.2) is 23.1 Å². The SMILES string of the molecule is COc1ccc(C)cc1S(=O)(=O)N1CCN(C(=O)CC(C)C)CC1. The number of rotatable bonds is 5. The Hall–Kier alpha value is -1.60. The Morgan fingerprint density at radius 2 is 1.83 bits per heavy atom. The van der Waals surface area contributed by atoms with Crippen LogP contribution in [-0.4, -0.2) is 56.8 Å². The van der Waals surface area contributed by atoms with Crippen molar-refractivity contribution >= 4 is 15.9 Å².